The van der Waals surface area contributed by atoms with Gasteiger partial charge in [-0.1, -0.05) is 13.8 Å². The molecule has 1 unspecified atom stereocenters. The minimum atomic E-state index is -0.0279. The van der Waals surface area contributed by atoms with E-state index >= 15 is 0 Å². The Labute approximate surface area is 138 Å². The van der Waals surface area contributed by atoms with Gasteiger partial charge in [-0.3, -0.25) is 14.6 Å². The lowest BCUT2D eigenvalue weighted by Crippen LogP contribution is -2.54. The Morgan fingerprint density at radius 2 is 1.86 bits per heavy atom. The third kappa shape index (κ3) is 4.87. The molecule has 0 aromatic rings. The predicted molar refractivity (Wildman–Crippen MR) is 90.8 cm³/mol. The highest BCUT2D eigenvalue weighted by molar-refractivity contribution is 7.99. The molecule has 2 heterocycles. The van der Waals surface area contributed by atoms with Gasteiger partial charge in [0, 0.05) is 38.5 Å². The molecule has 6 heteroatoms. The second kappa shape index (κ2) is 8.76. The maximum atomic E-state index is 12.5. The second-order valence-corrected chi connectivity index (χ2v) is 7.70. The number of nitrogens with zero attached hydrogens (tertiary/aromatic N) is 4. The van der Waals surface area contributed by atoms with E-state index in [1.807, 2.05) is 16.7 Å². The molecule has 2 saturated heterocycles. The van der Waals surface area contributed by atoms with Crippen LogP contribution in [0.4, 0.5) is 0 Å². The van der Waals surface area contributed by atoms with Crippen molar-refractivity contribution >= 4 is 17.7 Å². The summed E-state index contributed by atoms with van der Waals surface area (Å²) >= 11 is 1.99. The lowest BCUT2D eigenvalue weighted by Gasteiger charge is -2.38. The smallest absolute Gasteiger partial charge is 0.236 e. The summed E-state index contributed by atoms with van der Waals surface area (Å²) in [5, 5.41) is 9.29. The Morgan fingerprint density at radius 1 is 1.14 bits per heavy atom. The molecule has 0 aromatic carbocycles. The molecule has 0 spiro atoms. The summed E-state index contributed by atoms with van der Waals surface area (Å²) in [5.41, 5.74) is 0. The molecule has 2 rings (SSSR count). The van der Waals surface area contributed by atoms with Crippen LogP contribution in [0, 0.1) is 17.2 Å². The van der Waals surface area contributed by atoms with E-state index in [9.17, 15) is 10.1 Å². The molecule has 1 atom stereocenters. The van der Waals surface area contributed by atoms with Crippen LogP contribution in [0.1, 0.15) is 20.3 Å². The van der Waals surface area contributed by atoms with Gasteiger partial charge in [-0.05, 0) is 24.6 Å². The van der Waals surface area contributed by atoms with Crippen LogP contribution in [0.25, 0.3) is 0 Å². The first kappa shape index (κ1) is 17.6. The second-order valence-electron chi connectivity index (χ2n) is 6.48. The fraction of sp³-hybridized carbons (Fsp3) is 0.875. The number of nitriles is 1. The van der Waals surface area contributed by atoms with Gasteiger partial charge >= 0.3 is 0 Å². The van der Waals surface area contributed by atoms with E-state index in [-0.39, 0.29) is 11.9 Å². The summed E-state index contributed by atoms with van der Waals surface area (Å²) in [4.78, 5) is 18.9. The molecule has 0 aromatic heterocycles. The number of thioether (sulfide) groups is 1. The Bertz CT molecular complexity index is 393. The van der Waals surface area contributed by atoms with Crippen LogP contribution in [0.2, 0.25) is 0 Å². The van der Waals surface area contributed by atoms with Gasteiger partial charge < -0.3 is 4.90 Å². The lowest BCUT2D eigenvalue weighted by atomic mass is 10.0. The first-order valence-corrected chi connectivity index (χ1v) is 9.49. The molecule has 0 aliphatic carbocycles. The average molecular weight is 324 g/mol. The van der Waals surface area contributed by atoms with E-state index < -0.39 is 0 Å². The third-order valence-corrected chi connectivity index (χ3v) is 5.55. The minimum Gasteiger partial charge on any atom is -0.339 e. The van der Waals surface area contributed by atoms with Gasteiger partial charge in [0.25, 0.3) is 0 Å². The van der Waals surface area contributed by atoms with Crippen LogP contribution in [0.15, 0.2) is 0 Å². The Morgan fingerprint density at radius 3 is 2.50 bits per heavy atom. The maximum absolute atomic E-state index is 12.5. The number of amides is 1. The van der Waals surface area contributed by atoms with Crippen molar-refractivity contribution in [1.29, 1.82) is 5.26 Å². The minimum absolute atomic E-state index is 0.0279. The van der Waals surface area contributed by atoms with Crippen LogP contribution in [0.3, 0.4) is 0 Å². The molecule has 0 saturated carbocycles. The summed E-state index contributed by atoms with van der Waals surface area (Å²) in [6.07, 6.45) is 1.18. The average Bonchev–Trinajstić information content (AvgIpc) is 2.77. The molecule has 0 N–H and O–H groups in total. The third-order valence-electron chi connectivity index (χ3n) is 4.50. The van der Waals surface area contributed by atoms with Crippen LogP contribution in [0.5, 0.6) is 0 Å². The number of rotatable bonds is 4. The molecular formula is C16H28N4OS. The molecule has 0 bridgehead atoms. The van der Waals surface area contributed by atoms with Crippen molar-refractivity contribution in [3.63, 3.8) is 0 Å². The Balaban J connectivity index is 1.78. The Hall–Kier alpha value is -0.770. The van der Waals surface area contributed by atoms with Gasteiger partial charge in [0.1, 0.15) is 6.04 Å². The predicted octanol–water partition coefficient (Wildman–Crippen LogP) is 1.12. The highest BCUT2D eigenvalue weighted by Gasteiger charge is 2.28. The topological polar surface area (TPSA) is 50.6 Å². The van der Waals surface area contributed by atoms with Crippen molar-refractivity contribution < 1.29 is 4.79 Å². The highest BCUT2D eigenvalue weighted by Crippen LogP contribution is 2.14. The standard InChI is InChI=1S/C16H28N4OS/c1-14(2)15(12-17)19-5-7-20(8-6-19)16(21)13-18-4-3-10-22-11-9-18/h14-15H,3-11,13H2,1-2H3. The van der Waals surface area contributed by atoms with Crippen LogP contribution in [-0.4, -0.2) is 84.0 Å². The van der Waals surface area contributed by atoms with E-state index in [1.165, 1.54) is 12.2 Å². The van der Waals surface area contributed by atoms with Gasteiger partial charge in [-0.2, -0.15) is 17.0 Å². The number of carbonyl (C=O) groups is 1. The van der Waals surface area contributed by atoms with E-state index in [1.54, 1.807) is 0 Å². The van der Waals surface area contributed by atoms with Gasteiger partial charge in [-0.25, -0.2) is 0 Å². The molecular weight excluding hydrogens is 296 g/mol. The molecule has 1 amide bonds. The zero-order valence-corrected chi connectivity index (χ0v) is 14.6. The summed E-state index contributed by atoms with van der Waals surface area (Å²) in [5.74, 6) is 2.94. The molecule has 5 nitrogen and oxygen atoms in total. The van der Waals surface area contributed by atoms with Crippen LogP contribution in [-0.2, 0) is 4.79 Å². The number of hydrogen-bond donors (Lipinski definition) is 0. The fourth-order valence-electron chi connectivity index (χ4n) is 3.15. The van der Waals surface area contributed by atoms with Crippen molar-refractivity contribution in [1.82, 2.24) is 14.7 Å². The normalized spacial score (nSPS) is 23.1. The van der Waals surface area contributed by atoms with Crippen molar-refractivity contribution in [2.45, 2.75) is 26.3 Å². The van der Waals surface area contributed by atoms with Gasteiger partial charge in [0.05, 0.1) is 12.6 Å². The summed E-state index contributed by atoms with van der Waals surface area (Å²) < 4.78 is 0. The van der Waals surface area contributed by atoms with Crippen LogP contribution < -0.4 is 0 Å². The largest absolute Gasteiger partial charge is 0.339 e. The SMILES string of the molecule is CC(C)C(C#N)N1CCN(C(=O)CN2CCCSCC2)CC1. The first-order valence-electron chi connectivity index (χ1n) is 8.33. The van der Waals surface area contributed by atoms with Crippen molar-refractivity contribution in [2.24, 2.45) is 5.92 Å². The zero-order chi connectivity index (χ0) is 15.9. The molecule has 2 aliphatic rings. The molecule has 0 radical (unpaired) electrons. The van der Waals surface area contributed by atoms with E-state index in [0.29, 0.717) is 12.5 Å². The lowest BCUT2D eigenvalue weighted by molar-refractivity contribution is -0.134. The van der Waals surface area contributed by atoms with E-state index in [0.717, 1.165) is 45.0 Å². The number of hydrogen-bond acceptors (Lipinski definition) is 5. The van der Waals surface area contributed by atoms with Gasteiger partial charge in [0.2, 0.25) is 5.91 Å². The molecule has 22 heavy (non-hydrogen) atoms. The summed E-state index contributed by atoms with van der Waals surface area (Å²) in [7, 11) is 0. The van der Waals surface area contributed by atoms with Gasteiger partial charge in [0.15, 0.2) is 0 Å². The van der Waals surface area contributed by atoms with Gasteiger partial charge in [-0.15, -0.1) is 0 Å². The highest BCUT2D eigenvalue weighted by atomic mass is 32.2. The monoisotopic (exact) mass is 324 g/mol. The Kier molecular flexibility index (Phi) is 7.00. The van der Waals surface area contributed by atoms with E-state index in [4.69, 9.17) is 0 Å². The molecule has 124 valence electrons. The molecule has 2 fully saturated rings. The number of carbonyl (C=O) groups excluding carboxylic acids is 1. The van der Waals surface area contributed by atoms with E-state index in [2.05, 4.69) is 29.7 Å². The van der Waals surface area contributed by atoms with Crippen molar-refractivity contribution in [3.05, 3.63) is 0 Å². The van der Waals surface area contributed by atoms with Crippen molar-refractivity contribution in [2.75, 3.05) is 57.3 Å². The van der Waals surface area contributed by atoms with Crippen molar-refractivity contribution in [3.8, 4) is 6.07 Å². The fourth-order valence-corrected chi connectivity index (χ4v) is 4.07. The quantitative estimate of drug-likeness (QED) is 0.775. The zero-order valence-electron chi connectivity index (χ0n) is 13.8. The number of piperazine rings is 1. The molecule has 2 aliphatic heterocycles. The summed E-state index contributed by atoms with van der Waals surface area (Å²) in [6.45, 7) is 9.95. The maximum Gasteiger partial charge on any atom is 0.236 e. The van der Waals surface area contributed by atoms with Crippen LogP contribution >= 0.6 is 11.8 Å². The summed E-state index contributed by atoms with van der Waals surface area (Å²) in [6, 6.07) is 2.37. The first-order chi connectivity index (χ1) is 10.6.